The normalized spacial score (nSPS) is 12.6. The number of amides is 2. The molecular formula is C23H38FN2O9P. The topological polar surface area (TPSA) is 131 Å². The van der Waals surface area contributed by atoms with Crippen LogP contribution in [0.4, 0.5) is 9.18 Å². The van der Waals surface area contributed by atoms with E-state index in [0.717, 1.165) is 0 Å². The Hall–Kier alpha value is -2.24. The number of alkyl carbamates (subject to hydrolysis) is 1. The molecule has 1 aromatic rings. The molecule has 0 heterocycles. The summed E-state index contributed by atoms with van der Waals surface area (Å²) < 4.78 is 58.0. The van der Waals surface area contributed by atoms with Gasteiger partial charge in [0.05, 0.1) is 39.6 Å². The Morgan fingerprint density at radius 2 is 1.44 bits per heavy atom. The summed E-state index contributed by atoms with van der Waals surface area (Å²) in [4.78, 5) is 23.5. The van der Waals surface area contributed by atoms with Crippen LogP contribution in [0.15, 0.2) is 24.3 Å². The van der Waals surface area contributed by atoms with Crippen LogP contribution in [0.25, 0.3) is 0 Å². The van der Waals surface area contributed by atoms with Crippen molar-refractivity contribution in [3.8, 4) is 5.75 Å². The summed E-state index contributed by atoms with van der Waals surface area (Å²) in [5.41, 5.74) is -0.451. The lowest BCUT2D eigenvalue weighted by Gasteiger charge is -2.19. The predicted octanol–water partition coefficient (Wildman–Crippen LogP) is 3.93. The van der Waals surface area contributed by atoms with Gasteiger partial charge < -0.3 is 29.4 Å². The number of carbonyl (C=O) groups excluding carboxylic acids is 2. The Bertz CT molecular complexity index is 824. The van der Waals surface area contributed by atoms with Gasteiger partial charge in [0, 0.05) is 13.1 Å². The van der Waals surface area contributed by atoms with E-state index < -0.39 is 31.6 Å². The minimum atomic E-state index is -3.76. The summed E-state index contributed by atoms with van der Waals surface area (Å²) >= 11 is 0. The average Bonchev–Trinajstić information content (AvgIpc) is 2.79. The van der Waals surface area contributed by atoms with Crippen LogP contribution in [-0.2, 0) is 32.6 Å². The molecule has 0 aliphatic rings. The van der Waals surface area contributed by atoms with Crippen molar-refractivity contribution in [3.05, 3.63) is 29.8 Å². The van der Waals surface area contributed by atoms with E-state index in [0.29, 0.717) is 19.8 Å². The summed E-state index contributed by atoms with van der Waals surface area (Å²) in [5.74, 6) is -0.654. The molecule has 11 nitrogen and oxygen atoms in total. The maximum absolute atomic E-state index is 14.5. The number of phosphoric ester groups is 1. The van der Waals surface area contributed by atoms with Crippen molar-refractivity contribution >= 4 is 19.8 Å². The molecule has 0 saturated carbocycles. The smallest absolute Gasteiger partial charge is 0.444 e. The molecule has 0 radical (unpaired) electrons. The van der Waals surface area contributed by atoms with Crippen LogP contribution in [0.1, 0.15) is 46.4 Å². The van der Waals surface area contributed by atoms with Crippen molar-refractivity contribution in [2.24, 2.45) is 0 Å². The van der Waals surface area contributed by atoms with Crippen LogP contribution in [0.5, 0.6) is 5.75 Å². The monoisotopic (exact) mass is 536 g/mol. The van der Waals surface area contributed by atoms with E-state index in [1.807, 2.05) is 0 Å². The number of phosphoric acid groups is 1. The molecule has 0 spiro atoms. The molecule has 1 unspecified atom stereocenters. The van der Waals surface area contributed by atoms with Crippen molar-refractivity contribution < 1.29 is 46.3 Å². The Balaban J connectivity index is 2.22. The van der Waals surface area contributed by atoms with Crippen molar-refractivity contribution in [3.63, 3.8) is 0 Å². The fraction of sp³-hybridized carbons (Fsp3) is 0.652. The van der Waals surface area contributed by atoms with Gasteiger partial charge >= 0.3 is 13.9 Å². The summed E-state index contributed by atoms with van der Waals surface area (Å²) in [6.07, 6.45) is -2.41. The lowest BCUT2D eigenvalue weighted by molar-refractivity contribution is -0.126. The van der Waals surface area contributed by atoms with Gasteiger partial charge in [-0.1, -0.05) is 12.1 Å². The molecule has 2 amide bonds. The zero-order valence-corrected chi connectivity index (χ0v) is 22.4. The zero-order valence-electron chi connectivity index (χ0n) is 21.5. The van der Waals surface area contributed by atoms with Gasteiger partial charge in [-0.05, 0) is 52.3 Å². The molecule has 0 bridgehead atoms. The van der Waals surface area contributed by atoms with E-state index in [4.69, 9.17) is 27.8 Å². The van der Waals surface area contributed by atoms with E-state index in [9.17, 15) is 18.5 Å². The average molecular weight is 537 g/mol. The van der Waals surface area contributed by atoms with Gasteiger partial charge in [0.1, 0.15) is 11.4 Å². The first-order valence-corrected chi connectivity index (χ1v) is 13.2. The first-order valence-electron chi connectivity index (χ1n) is 11.7. The van der Waals surface area contributed by atoms with Gasteiger partial charge in [-0.2, -0.15) is 0 Å². The van der Waals surface area contributed by atoms with E-state index in [-0.39, 0.29) is 44.3 Å². The molecular weight excluding hydrogens is 498 g/mol. The Morgan fingerprint density at radius 3 is 1.94 bits per heavy atom. The van der Waals surface area contributed by atoms with E-state index in [1.54, 1.807) is 34.6 Å². The van der Waals surface area contributed by atoms with Crippen LogP contribution in [-0.4, -0.2) is 70.3 Å². The number of hydrogen-bond acceptors (Lipinski definition) is 9. The van der Waals surface area contributed by atoms with E-state index in [2.05, 4.69) is 10.6 Å². The standard InChI is InChI=1S/C23H38FN2O9P/c1-6-32-36(29,33-7-2)35-19-10-8-18(9-11-19)20(24)21(27)25-12-14-30-16-17-31-15-13-26-22(28)34-23(3,4)5/h8-11,20H,6-7,12-17H2,1-5H3,(H,25,27)(H,26,28). The summed E-state index contributed by atoms with van der Waals surface area (Å²) in [7, 11) is -3.76. The van der Waals surface area contributed by atoms with E-state index >= 15 is 0 Å². The highest BCUT2D eigenvalue weighted by atomic mass is 31.2. The van der Waals surface area contributed by atoms with Crippen LogP contribution in [0.3, 0.4) is 0 Å². The SMILES string of the molecule is CCOP(=O)(OCC)Oc1ccc(C(F)C(=O)NCCOCCOCCNC(=O)OC(C)(C)C)cc1. The van der Waals surface area contributed by atoms with Crippen molar-refractivity contribution in [2.75, 3.05) is 52.7 Å². The van der Waals surface area contributed by atoms with Crippen molar-refractivity contribution in [2.45, 2.75) is 46.4 Å². The predicted molar refractivity (Wildman–Crippen MR) is 131 cm³/mol. The quantitative estimate of drug-likeness (QED) is 0.225. The lowest BCUT2D eigenvalue weighted by atomic mass is 10.1. The number of halogens is 1. The second-order valence-electron chi connectivity index (χ2n) is 8.25. The number of ether oxygens (including phenoxy) is 3. The van der Waals surface area contributed by atoms with Crippen molar-refractivity contribution in [1.29, 1.82) is 0 Å². The maximum Gasteiger partial charge on any atom is 0.530 e. The van der Waals surface area contributed by atoms with Gasteiger partial charge in [0.15, 0.2) is 0 Å². The third kappa shape index (κ3) is 13.7. The molecule has 1 aromatic carbocycles. The largest absolute Gasteiger partial charge is 0.530 e. The highest BCUT2D eigenvalue weighted by molar-refractivity contribution is 7.48. The number of benzene rings is 1. The molecule has 1 atom stereocenters. The van der Waals surface area contributed by atoms with Gasteiger partial charge in [-0.3, -0.25) is 13.8 Å². The van der Waals surface area contributed by atoms with Crippen LogP contribution >= 0.6 is 7.82 Å². The minimum absolute atomic E-state index is 0.108. The molecule has 1 rings (SSSR count). The molecule has 206 valence electrons. The third-order valence-electron chi connectivity index (χ3n) is 4.03. The highest BCUT2D eigenvalue weighted by Crippen LogP contribution is 2.49. The third-order valence-corrected chi connectivity index (χ3v) is 5.61. The fourth-order valence-corrected chi connectivity index (χ4v) is 3.77. The maximum atomic E-state index is 14.5. The highest BCUT2D eigenvalue weighted by Gasteiger charge is 2.27. The Labute approximate surface area is 211 Å². The first-order chi connectivity index (χ1) is 17.0. The molecule has 13 heteroatoms. The summed E-state index contributed by atoms with van der Waals surface area (Å²) in [6, 6.07) is 5.47. The van der Waals surface area contributed by atoms with Crippen LogP contribution < -0.4 is 15.2 Å². The van der Waals surface area contributed by atoms with Gasteiger partial charge in [0.25, 0.3) is 5.91 Å². The molecule has 2 N–H and O–H groups in total. The Morgan fingerprint density at radius 1 is 0.917 bits per heavy atom. The lowest BCUT2D eigenvalue weighted by Crippen LogP contribution is -2.34. The molecule has 0 saturated heterocycles. The van der Waals surface area contributed by atoms with E-state index in [1.165, 1.54) is 24.3 Å². The molecule has 36 heavy (non-hydrogen) atoms. The van der Waals surface area contributed by atoms with Crippen molar-refractivity contribution in [1.82, 2.24) is 10.6 Å². The molecule has 0 aliphatic heterocycles. The Kier molecular flexibility index (Phi) is 14.6. The number of nitrogens with one attached hydrogen (secondary N) is 2. The number of rotatable bonds is 17. The summed E-state index contributed by atoms with van der Waals surface area (Å²) in [5, 5.41) is 5.02. The first kappa shape index (κ1) is 31.8. The molecule has 0 aliphatic carbocycles. The van der Waals surface area contributed by atoms with Gasteiger partial charge in [-0.25, -0.2) is 13.8 Å². The number of carbonyl (C=O) groups is 2. The number of alkyl halides is 1. The van der Waals surface area contributed by atoms with Gasteiger partial charge in [-0.15, -0.1) is 0 Å². The second-order valence-corrected chi connectivity index (χ2v) is 9.84. The summed E-state index contributed by atoms with van der Waals surface area (Å²) in [6.45, 7) is 10.3. The number of hydrogen-bond donors (Lipinski definition) is 2. The fourth-order valence-electron chi connectivity index (χ4n) is 2.58. The molecule has 0 aromatic heterocycles. The van der Waals surface area contributed by atoms with Crippen LogP contribution in [0, 0.1) is 0 Å². The molecule has 0 fully saturated rings. The zero-order chi connectivity index (χ0) is 27.0. The second kappa shape index (κ2) is 16.5. The van der Waals surface area contributed by atoms with Crippen LogP contribution in [0.2, 0.25) is 0 Å². The van der Waals surface area contributed by atoms with Gasteiger partial charge in [0.2, 0.25) is 6.17 Å². The minimum Gasteiger partial charge on any atom is -0.444 e.